The fourth-order valence-electron chi connectivity index (χ4n) is 2.64. The number of amides is 1. The molecule has 0 aliphatic rings. The van der Waals surface area contributed by atoms with Crippen LogP contribution in [0.3, 0.4) is 0 Å². The topological polar surface area (TPSA) is 64.3 Å². The molecule has 0 aromatic heterocycles. The first-order valence-corrected chi connectivity index (χ1v) is 8.74. The van der Waals surface area contributed by atoms with Gasteiger partial charge in [-0.15, -0.1) is 0 Å². The van der Waals surface area contributed by atoms with Crippen LogP contribution in [-0.2, 0) is 4.79 Å². The van der Waals surface area contributed by atoms with Crippen molar-refractivity contribution in [3.63, 3.8) is 0 Å². The van der Waals surface area contributed by atoms with Gasteiger partial charge in [-0.3, -0.25) is 4.79 Å². The maximum Gasteiger partial charge on any atom is 0.260 e. The summed E-state index contributed by atoms with van der Waals surface area (Å²) in [5.41, 5.74) is 9.33. The Balaban J connectivity index is 1.96. The summed E-state index contributed by atoms with van der Waals surface area (Å²) < 4.78 is 5.93. The molecule has 0 saturated carbocycles. The van der Waals surface area contributed by atoms with E-state index < -0.39 is 6.10 Å². The van der Waals surface area contributed by atoms with Crippen LogP contribution >= 0.6 is 0 Å². The van der Waals surface area contributed by atoms with Crippen molar-refractivity contribution in [1.29, 1.82) is 0 Å². The smallest absolute Gasteiger partial charge is 0.260 e. The van der Waals surface area contributed by atoms with E-state index in [4.69, 9.17) is 10.5 Å². The van der Waals surface area contributed by atoms with Gasteiger partial charge < -0.3 is 15.8 Å². The van der Waals surface area contributed by atoms with Crippen LogP contribution in [0.1, 0.15) is 49.4 Å². The molecule has 0 fully saturated rings. The molecule has 0 aliphatic heterocycles. The van der Waals surface area contributed by atoms with E-state index in [9.17, 15) is 4.79 Å². The third-order valence-corrected chi connectivity index (χ3v) is 4.19. The van der Waals surface area contributed by atoms with Gasteiger partial charge in [0.05, 0.1) is 0 Å². The Labute approximate surface area is 150 Å². The van der Waals surface area contributed by atoms with Gasteiger partial charge in [0, 0.05) is 12.6 Å². The van der Waals surface area contributed by atoms with Crippen molar-refractivity contribution in [1.82, 2.24) is 5.32 Å². The van der Waals surface area contributed by atoms with E-state index in [0.717, 1.165) is 22.4 Å². The van der Waals surface area contributed by atoms with Crippen LogP contribution in [0, 0.1) is 6.92 Å². The average molecular weight is 340 g/mol. The summed E-state index contributed by atoms with van der Waals surface area (Å²) in [6.45, 7) is 8.38. The highest BCUT2D eigenvalue weighted by molar-refractivity contribution is 5.80. The number of hydrogen-bond acceptors (Lipinski definition) is 3. The average Bonchev–Trinajstić information content (AvgIpc) is 2.59. The Bertz CT molecular complexity index is 698. The maximum atomic E-state index is 12.4. The number of carbonyl (C=O) groups excluding carboxylic acids is 1. The second kappa shape index (κ2) is 8.67. The normalized spacial score (nSPS) is 13.4. The van der Waals surface area contributed by atoms with Crippen LogP contribution in [0.15, 0.2) is 48.5 Å². The Morgan fingerprint density at radius 3 is 2.44 bits per heavy atom. The highest BCUT2D eigenvalue weighted by atomic mass is 16.5. The number of benzene rings is 2. The molecule has 1 amide bonds. The lowest BCUT2D eigenvalue weighted by atomic mass is 10.0. The molecule has 0 radical (unpaired) electrons. The van der Waals surface area contributed by atoms with E-state index in [1.54, 1.807) is 6.92 Å². The molecular weight excluding hydrogens is 312 g/mol. The molecule has 0 spiro atoms. The first-order valence-electron chi connectivity index (χ1n) is 8.74. The summed E-state index contributed by atoms with van der Waals surface area (Å²) in [6, 6.07) is 15.6. The van der Waals surface area contributed by atoms with Crippen LogP contribution in [0.4, 0.5) is 0 Å². The minimum atomic E-state index is -0.581. The van der Waals surface area contributed by atoms with Gasteiger partial charge in [0.15, 0.2) is 6.10 Å². The largest absolute Gasteiger partial charge is 0.481 e. The quantitative estimate of drug-likeness (QED) is 0.808. The van der Waals surface area contributed by atoms with Crippen molar-refractivity contribution < 1.29 is 9.53 Å². The molecule has 0 bridgehead atoms. The molecule has 0 heterocycles. The molecule has 4 nitrogen and oxygen atoms in total. The lowest BCUT2D eigenvalue weighted by molar-refractivity contribution is -0.127. The summed E-state index contributed by atoms with van der Waals surface area (Å²) in [6.07, 6.45) is -0.581. The Hall–Kier alpha value is -2.33. The summed E-state index contributed by atoms with van der Waals surface area (Å²) in [5.74, 6) is 0.935. The van der Waals surface area contributed by atoms with Gasteiger partial charge in [0.2, 0.25) is 0 Å². The summed E-state index contributed by atoms with van der Waals surface area (Å²) in [5, 5.41) is 2.88. The molecule has 134 valence electrons. The molecule has 4 heteroatoms. The van der Waals surface area contributed by atoms with E-state index in [2.05, 4.69) is 31.3 Å². The predicted molar refractivity (Wildman–Crippen MR) is 102 cm³/mol. The standard InChI is InChI=1S/C21H28N2O2/c1-14(2)18-11-10-15(3)12-20(18)25-16(4)21(24)23-13-19(22)17-8-6-5-7-9-17/h5-12,14,16,19H,13,22H2,1-4H3,(H,23,24). The Kier molecular flexibility index (Phi) is 6.59. The number of aryl methyl sites for hydroxylation is 1. The molecule has 2 rings (SSSR count). The zero-order valence-corrected chi connectivity index (χ0v) is 15.5. The van der Waals surface area contributed by atoms with Gasteiger partial charge in [0.1, 0.15) is 5.75 Å². The highest BCUT2D eigenvalue weighted by Crippen LogP contribution is 2.28. The second-order valence-electron chi connectivity index (χ2n) is 6.72. The van der Waals surface area contributed by atoms with Gasteiger partial charge >= 0.3 is 0 Å². The van der Waals surface area contributed by atoms with Crippen molar-refractivity contribution >= 4 is 5.91 Å². The van der Waals surface area contributed by atoms with Crippen LogP contribution < -0.4 is 15.8 Å². The van der Waals surface area contributed by atoms with E-state index in [1.807, 2.05) is 43.3 Å². The number of rotatable bonds is 7. The van der Waals surface area contributed by atoms with E-state index in [0.29, 0.717) is 12.5 Å². The molecule has 0 aliphatic carbocycles. The fraction of sp³-hybridized carbons (Fsp3) is 0.381. The van der Waals surface area contributed by atoms with Crippen molar-refractivity contribution in [3.8, 4) is 5.75 Å². The Morgan fingerprint density at radius 2 is 1.80 bits per heavy atom. The number of carbonyl (C=O) groups is 1. The van der Waals surface area contributed by atoms with E-state index in [1.165, 1.54) is 0 Å². The molecule has 2 atom stereocenters. The zero-order valence-electron chi connectivity index (χ0n) is 15.5. The molecule has 3 N–H and O–H groups in total. The zero-order chi connectivity index (χ0) is 18.4. The van der Waals surface area contributed by atoms with E-state index in [-0.39, 0.29) is 11.9 Å². The van der Waals surface area contributed by atoms with Gasteiger partial charge in [-0.2, -0.15) is 0 Å². The highest BCUT2D eigenvalue weighted by Gasteiger charge is 2.18. The lowest BCUT2D eigenvalue weighted by Gasteiger charge is -2.20. The van der Waals surface area contributed by atoms with Crippen LogP contribution in [0.2, 0.25) is 0 Å². The molecule has 2 aromatic carbocycles. The molecule has 2 unspecified atom stereocenters. The van der Waals surface area contributed by atoms with Crippen LogP contribution in [-0.4, -0.2) is 18.6 Å². The summed E-state index contributed by atoms with van der Waals surface area (Å²) in [7, 11) is 0. The van der Waals surface area contributed by atoms with Crippen molar-refractivity contribution in [2.45, 2.75) is 45.8 Å². The monoisotopic (exact) mass is 340 g/mol. The summed E-state index contributed by atoms with van der Waals surface area (Å²) in [4.78, 5) is 12.4. The van der Waals surface area contributed by atoms with Gasteiger partial charge in [-0.1, -0.05) is 56.3 Å². The fourth-order valence-corrected chi connectivity index (χ4v) is 2.64. The number of hydrogen-bond donors (Lipinski definition) is 2. The lowest BCUT2D eigenvalue weighted by Crippen LogP contribution is -2.40. The third-order valence-electron chi connectivity index (χ3n) is 4.19. The minimum absolute atomic E-state index is 0.164. The first-order chi connectivity index (χ1) is 11.9. The third kappa shape index (κ3) is 5.33. The molecular formula is C21H28N2O2. The number of nitrogens with two attached hydrogens (primary N) is 1. The molecule has 0 saturated heterocycles. The minimum Gasteiger partial charge on any atom is -0.481 e. The second-order valence-corrected chi connectivity index (χ2v) is 6.72. The van der Waals surface area contributed by atoms with Gasteiger partial charge in [0.25, 0.3) is 5.91 Å². The summed E-state index contributed by atoms with van der Waals surface area (Å²) >= 11 is 0. The van der Waals surface area contributed by atoms with Gasteiger partial charge in [-0.25, -0.2) is 0 Å². The molecule has 25 heavy (non-hydrogen) atoms. The van der Waals surface area contributed by atoms with Gasteiger partial charge in [-0.05, 0) is 42.5 Å². The number of nitrogens with one attached hydrogen (secondary N) is 1. The van der Waals surface area contributed by atoms with Crippen LogP contribution in [0.25, 0.3) is 0 Å². The first kappa shape index (κ1) is 19.0. The van der Waals surface area contributed by atoms with Crippen molar-refractivity contribution in [2.75, 3.05) is 6.54 Å². The number of ether oxygens (including phenoxy) is 1. The maximum absolute atomic E-state index is 12.4. The van der Waals surface area contributed by atoms with E-state index >= 15 is 0 Å². The predicted octanol–water partition coefficient (Wildman–Crippen LogP) is 3.70. The van der Waals surface area contributed by atoms with Crippen LogP contribution in [0.5, 0.6) is 5.75 Å². The Morgan fingerprint density at radius 1 is 1.12 bits per heavy atom. The molecule has 2 aromatic rings. The SMILES string of the molecule is Cc1ccc(C(C)C)c(OC(C)C(=O)NCC(N)c2ccccc2)c1. The van der Waals surface area contributed by atoms with Crippen molar-refractivity contribution in [3.05, 3.63) is 65.2 Å². The van der Waals surface area contributed by atoms with Crippen molar-refractivity contribution in [2.24, 2.45) is 5.73 Å².